The molecule has 1 aliphatic heterocycles. The average molecular weight is 731 g/mol. The van der Waals surface area contributed by atoms with Crippen molar-refractivity contribution in [1.29, 1.82) is 5.26 Å². The molecular weight excluding hydrogens is 693 g/mol. The van der Waals surface area contributed by atoms with E-state index in [1.165, 1.54) is 33.4 Å². The maximum Gasteiger partial charge on any atom is 0.145 e. The van der Waals surface area contributed by atoms with Gasteiger partial charge in [0.1, 0.15) is 6.17 Å². The number of aliphatic imine (C=N–C) groups is 1. The number of nitrogens with zero attached hydrogens (tertiary/aromatic N) is 3. The van der Waals surface area contributed by atoms with Crippen molar-refractivity contribution in [1.82, 2.24) is 10.3 Å². The topological polar surface area (TPSA) is 61.1 Å². The van der Waals surface area contributed by atoms with Crippen molar-refractivity contribution >= 4 is 11.4 Å². The predicted octanol–water partition coefficient (Wildman–Crippen LogP) is 11.4. The van der Waals surface area contributed by atoms with Crippen LogP contribution in [0.2, 0.25) is 0 Å². The lowest BCUT2D eigenvalue weighted by molar-refractivity contribution is 0.284. The van der Waals surface area contributed by atoms with Crippen LogP contribution in [0.4, 0.5) is 0 Å². The van der Waals surface area contributed by atoms with E-state index in [9.17, 15) is 5.26 Å². The molecule has 11 rings (SSSR count). The number of aromatic nitrogens is 1. The Labute approximate surface area is 333 Å². The van der Waals surface area contributed by atoms with Crippen LogP contribution in [-0.2, 0) is 5.41 Å². The minimum absolute atomic E-state index is 0.213. The monoisotopic (exact) mass is 730 g/mol. The van der Waals surface area contributed by atoms with Crippen LogP contribution in [0, 0.1) is 23.2 Å². The van der Waals surface area contributed by atoms with Gasteiger partial charge in [0, 0.05) is 46.5 Å². The van der Waals surface area contributed by atoms with Crippen LogP contribution in [0.15, 0.2) is 199 Å². The van der Waals surface area contributed by atoms with Crippen LogP contribution in [0.3, 0.4) is 0 Å². The van der Waals surface area contributed by atoms with Gasteiger partial charge < -0.3 is 5.32 Å². The summed E-state index contributed by atoms with van der Waals surface area (Å²) in [4.78, 5) is 9.97. The summed E-state index contributed by atoms with van der Waals surface area (Å²) >= 11 is 0. The van der Waals surface area contributed by atoms with Gasteiger partial charge in [-0.25, -0.2) is 0 Å². The molecule has 1 N–H and O–H groups in total. The van der Waals surface area contributed by atoms with Crippen molar-refractivity contribution < 1.29 is 0 Å². The zero-order valence-corrected chi connectivity index (χ0v) is 31.2. The maximum absolute atomic E-state index is 9.55. The molecule has 0 fully saturated rings. The largest absolute Gasteiger partial charge is 0.360 e. The summed E-state index contributed by atoms with van der Waals surface area (Å²) in [6.07, 6.45) is 22.4. The van der Waals surface area contributed by atoms with E-state index in [0.717, 1.165) is 39.4 Å². The highest BCUT2D eigenvalue weighted by Crippen LogP contribution is 2.66. The molecule has 57 heavy (non-hydrogen) atoms. The molecule has 1 aromatic heterocycles. The Morgan fingerprint density at radius 3 is 2.00 bits per heavy atom. The Kier molecular flexibility index (Phi) is 7.76. The van der Waals surface area contributed by atoms with Crippen LogP contribution in [0.5, 0.6) is 0 Å². The first kappa shape index (κ1) is 33.3. The van der Waals surface area contributed by atoms with E-state index in [1.54, 1.807) is 0 Å². The van der Waals surface area contributed by atoms with Gasteiger partial charge in [-0.15, -0.1) is 0 Å². The van der Waals surface area contributed by atoms with Gasteiger partial charge in [0.25, 0.3) is 0 Å². The Balaban J connectivity index is 1.09. The summed E-state index contributed by atoms with van der Waals surface area (Å²) in [6.45, 7) is 0. The molecule has 1 spiro atoms. The second-order valence-corrected chi connectivity index (χ2v) is 15.6. The number of hydrogen-bond donors (Lipinski definition) is 1. The molecular formula is C53H38N4. The summed E-state index contributed by atoms with van der Waals surface area (Å²) in [7, 11) is 0. The van der Waals surface area contributed by atoms with Crippen LogP contribution in [0.25, 0.3) is 28.1 Å². The summed E-state index contributed by atoms with van der Waals surface area (Å²) in [5.41, 5.74) is 15.5. The summed E-state index contributed by atoms with van der Waals surface area (Å²) in [5.74, 6) is 1.00. The minimum Gasteiger partial charge on any atom is -0.360 e. The summed E-state index contributed by atoms with van der Waals surface area (Å²) < 4.78 is 0. The van der Waals surface area contributed by atoms with Crippen molar-refractivity contribution in [2.24, 2.45) is 16.8 Å². The highest BCUT2D eigenvalue weighted by Gasteiger charge is 2.58. The van der Waals surface area contributed by atoms with E-state index in [4.69, 9.17) is 4.99 Å². The fourth-order valence-electron chi connectivity index (χ4n) is 10.4. The van der Waals surface area contributed by atoms with Gasteiger partial charge >= 0.3 is 0 Å². The van der Waals surface area contributed by atoms with Crippen LogP contribution < -0.4 is 5.32 Å². The second kappa shape index (κ2) is 13.3. The minimum atomic E-state index is -0.356. The third-order valence-electron chi connectivity index (χ3n) is 12.8. The molecule has 0 saturated carbocycles. The molecule has 5 aliphatic rings. The lowest BCUT2D eigenvalue weighted by Gasteiger charge is -2.46. The molecule has 2 heterocycles. The standard InChI is InChI=1S/C53H38N4/c54-33-34-20-22-36(23-21-34)50-32-51(37-26-24-35(25-27-37)49-19-9-10-30-55-49)57-52(56-50)38-28-29-48-44(31-38)40-12-2-1-11-39(40)41-13-3-6-16-45(41)53(48)46-17-7-4-14-42(46)43-15-5-8-18-47(43)53/h1-32,41-42,45-46,52,57H. The van der Waals surface area contributed by atoms with Gasteiger partial charge in [-0.2, -0.15) is 5.26 Å². The van der Waals surface area contributed by atoms with Crippen molar-refractivity contribution in [3.63, 3.8) is 0 Å². The molecule has 4 nitrogen and oxygen atoms in total. The lowest BCUT2D eigenvalue weighted by Crippen LogP contribution is -2.42. The second-order valence-electron chi connectivity index (χ2n) is 15.6. The van der Waals surface area contributed by atoms with Crippen molar-refractivity contribution in [2.75, 3.05) is 0 Å². The molecule has 0 saturated heterocycles. The molecule has 0 bridgehead atoms. The van der Waals surface area contributed by atoms with Gasteiger partial charge in [-0.1, -0.05) is 152 Å². The first-order valence-corrected chi connectivity index (χ1v) is 19.8. The Hall–Kier alpha value is -7.09. The quantitative estimate of drug-likeness (QED) is 0.196. The van der Waals surface area contributed by atoms with Crippen LogP contribution >= 0.6 is 0 Å². The zero-order valence-electron chi connectivity index (χ0n) is 31.2. The number of allylic oxidation sites excluding steroid dienone is 9. The normalized spacial score (nSPS) is 24.4. The number of pyridine rings is 1. The molecule has 6 atom stereocenters. The zero-order chi connectivity index (χ0) is 37.9. The number of hydrogen-bond acceptors (Lipinski definition) is 4. The highest BCUT2D eigenvalue weighted by atomic mass is 15.1. The molecule has 5 aromatic carbocycles. The smallest absolute Gasteiger partial charge is 0.145 e. The molecule has 0 radical (unpaired) electrons. The summed E-state index contributed by atoms with van der Waals surface area (Å²) in [5, 5.41) is 13.4. The van der Waals surface area contributed by atoms with E-state index >= 15 is 0 Å². The fourth-order valence-corrected chi connectivity index (χ4v) is 10.4. The number of rotatable bonds is 4. The van der Waals surface area contributed by atoms with Crippen LogP contribution in [0.1, 0.15) is 62.5 Å². The molecule has 4 aliphatic carbocycles. The number of nitrogens with one attached hydrogen (secondary N) is 1. The summed E-state index contributed by atoms with van der Waals surface area (Å²) in [6, 6.07) is 50.0. The van der Waals surface area contributed by atoms with E-state index in [1.807, 2.05) is 48.7 Å². The first-order chi connectivity index (χ1) is 28.2. The first-order valence-electron chi connectivity index (χ1n) is 19.8. The number of fused-ring (bicyclic) bond motifs is 12. The maximum atomic E-state index is 9.55. The third-order valence-corrected chi connectivity index (χ3v) is 12.8. The van der Waals surface area contributed by atoms with Crippen LogP contribution in [-0.4, -0.2) is 10.7 Å². The van der Waals surface area contributed by atoms with Crippen molar-refractivity contribution in [3.8, 4) is 28.5 Å². The third kappa shape index (κ3) is 5.20. The fraction of sp³-hybridized carbons (Fsp3) is 0.113. The van der Waals surface area contributed by atoms with E-state index < -0.39 is 0 Å². The highest BCUT2D eigenvalue weighted by molar-refractivity contribution is 6.13. The van der Waals surface area contributed by atoms with Crippen molar-refractivity contribution in [2.45, 2.75) is 23.4 Å². The Morgan fingerprint density at radius 1 is 0.579 bits per heavy atom. The van der Waals surface area contributed by atoms with Crippen molar-refractivity contribution in [3.05, 3.63) is 239 Å². The van der Waals surface area contributed by atoms with E-state index in [2.05, 4.69) is 162 Å². The van der Waals surface area contributed by atoms with Gasteiger partial charge in [0.2, 0.25) is 0 Å². The lowest BCUT2D eigenvalue weighted by atomic mass is 9.56. The van der Waals surface area contributed by atoms with Gasteiger partial charge in [-0.3, -0.25) is 9.98 Å². The molecule has 0 amide bonds. The molecule has 270 valence electrons. The Morgan fingerprint density at radius 2 is 1.25 bits per heavy atom. The van der Waals surface area contributed by atoms with E-state index in [-0.39, 0.29) is 29.3 Å². The van der Waals surface area contributed by atoms with E-state index in [0.29, 0.717) is 11.5 Å². The molecule has 6 aromatic rings. The van der Waals surface area contributed by atoms with Gasteiger partial charge in [-0.05, 0) is 86.5 Å². The SMILES string of the molecule is N#Cc1ccc(C2=NC(c3ccc4c(c3)-c3ccccc3C3C=CC=CC3C43c4ccccc4C4C=CC=CC43)NC(c3ccc(-c4ccccn4)cc3)=C2)cc1. The average Bonchev–Trinajstić information content (AvgIpc) is 3.54. The molecule has 4 heteroatoms. The van der Waals surface area contributed by atoms with Gasteiger partial charge in [0.15, 0.2) is 0 Å². The number of benzene rings is 5. The van der Waals surface area contributed by atoms with Gasteiger partial charge in [0.05, 0.1) is 23.0 Å². The molecule has 6 unspecified atom stereocenters. The Bertz CT molecular complexity index is 2800. The predicted molar refractivity (Wildman–Crippen MR) is 229 cm³/mol. The number of nitriles is 1.